The van der Waals surface area contributed by atoms with Crippen molar-refractivity contribution >= 4 is 0 Å². The van der Waals surface area contributed by atoms with Gasteiger partial charge in [-0.05, 0) is 49.6 Å². The van der Waals surface area contributed by atoms with E-state index in [0.717, 1.165) is 11.8 Å². The lowest BCUT2D eigenvalue weighted by molar-refractivity contribution is 0.0980. The molecular weight excluding hydrogens is 206 g/mol. The Morgan fingerprint density at radius 1 is 0.882 bits per heavy atom. The van der Waals surface area contributed by atoms with Crippen molar-refractivity contribution in [2.24, 2.45) is 22.7 Å². The highest BCUT2D eigenvalue weighted by atomic mass is 15.1. The first-order valence-electron chi connectivity index (χ1n) is 7.11. The van der Waals surface area contributed by atoms with Gasteiger partial charge in [0.05, 0.1) is 0 Å². The van der Waals surface area contributed by atoms with Crippen molar-refractivity contribution in [1.29, 1.82) is 0 Å². The maximum Gasteiger partial charge on any atom is 0.000612 e. The molecule has 0 saturated heterocycles. The molecule has 0 N–H and O–H groups in total. The summed E-state index contributed by atoms with van der Waals surface area (Å²) in [4.78, 5) is 2.31. The summed E-state index contributed by atoms with van der Waals surface area (Å²) in [5, 5.41) is 0. The van der Waals surface area contributed by atoms with Crippen LogP contribution in [-0.2, 0) is 0 Å². The molecule has 0 saturated carbocycles. The normalized spacial score (nSPS) is 17.3. The van der Waals surface area contributed by atoms with E-state index in [1.54, 1.807) is 0 Å². The van der Waals surface area contributed by atoms with Gasteiger partial charge in [0.1, 0.15) is 0 Å². The van der Waals surface area contributed by atoms with E-state index in [9.17, 15) is 0 Å². The molecule has 2 atom stereocenters. The smallest absolute Gasteiger partial charge is 0.000612 e. The molecular formula is C16H35N. The highest BCUT2D eigenvalue weighted by Crippen LogP contribution is 2.39. The number of hydrogen-bond donors (Lipinski definition) is 0. The van der Waals surface area contributed by atoms with Crippen molar-refractivity contribution in [2.75, 3.05) is 20.6 Å². The summed E-state index contributed by atoms with van der Waals surface area (Å²) < 4.78 is 0. The van der Waals surface area contributed by atoms with E-state index >= 15 is 0 Å². The molecule has 0 aromatic heterocycles. The van der Waals surface area contributed by atoms with Gasteiger partial charge in [-0.3, -0.25) is 0 Å². The number of nitrogens with zero attached hydrogens (tertiary/aromatic N) is 1. The Labute approximate surface area is 110 Å². The Morgan fingerprint density at radius 2 is 1.35 bits per heavy atom. The van der Waals surface area contributed by atoms with Gasteiger partial charge in [-0.1, -0.05) is 48.5 Å². The standard InChI is InChI=1S/C16H35N/c1-13(10-11-15(3,4)5)16(6,7)14(2)12-17(8)9/h13-14H,10-12H2,1-9H3. The molecule has 0 fully saturated rings. The van der Waals surface area contributed by atoms with Crippen LogP contribution in [0.15, 0.2) is 0 Å². The quantitative estimate of drug-likeness (QED) is 0.653. The molecule has 0 spiro atoms. The third-order valence-corrected chi connectivity index (χ3v) is 4.51. The zero-order chi connectivity index (χ0) is 13.9. The van der Waals surface area contributed by atoms with Crippen LogP contribution in [0.25, 0.3) is 0 Å². The van der Waals surface area contributed by atoms with Crippen LogP contribution in [0.1, 0.15) is 61.3 Å². The molecule has 0 heterocycles. The molecule has 0 aliphatic heterocycles. The van der Waals surface area contributed by atoms with E-state index in [0.29, 0.717) is 10.8 Å². The second kappa shape index (κ2) is 6.22. The van der Waals surface area contributed by atoms with Gasteiger partial charge in [0.2, 0.25) is 0 Å². The highest BCUT2D eigenvalue weighted by molar-refractivity contribution is 4.82. The van der Waals surface area contributed by atoms with E-state index in [-0.39, 0.29) is 0 Å². The van der Waals surface area contributed by atoms with Crippen molar-refractivity contribution in [2.45, 2.75) is 61.3 Å². The maximum atomic E-state index is 2.44. The van der Waals surface area contributed by atoms with Gasteiger partial charge in [-0.15, -0.1) is 0 Å². The second-order valence-corrected chi connectivity index (χ2v) is 7.99. The fourth-order valence-corrected chi connectivity index (χ4v) is 2.29. The van der Waals surface area contributed by atoms with E-state index in [1.807, 2.05) is 0 Å². The van der Waals surface area contributed by atoms with Gasteiger partial charge in [0.25, 0.3) is 0 Å². The van der Waals surface area contributed by atoms with E-state index in [4.69, 9.17) is 0 Å². The molecule has 0 aliphatic rings. The van der Waals surface area contributed by atoms with Crippen LogP contribution in [0.2, 0.25) is 0 Å². The van der Waals surface area contributed by atoms with Crippen LogP contribution in [0, 0.1) is 22.7 Å². The van der Waals surface area contributed by atoms with Crippen LogP contribution < -0.4 is 0 Å². The minimum Gasteiger partial charge on any atom is -0.309 e. The predicted octanol–water partition coefficient (Wildman–Crippen LogP) is 4.67. The van der Waals surface area contributed by atoms with Crippen LogP contribution in [0.3, 0.4) is 0 Å². The summed E-state index contributed by atoms with van der Waals surface area (Å²) in [5.74, 6) is 1.53. The van der Waals surface area contributed by atoms with Crippen LogP contribution in [0.5, 0.6) is 0 Å². The Hall–Kier alpha value is -0.0400. The summed E-state index contributed by atoms with van der Waals surface area (Å²) in [6, 6.07) is 0. The monoisotopic (exact) mass is 241 g/mol. The SMILES string of the molecule is CC(CCC(C)(C)C)C(C)(C)C(C)CN(C)C. The van der Waals surface area contributed by atoms with Gasteiger partial charge < -0.3 is 4.90 Å². The molecule has 0 amide bonds. The average Bonchev–Trinajstić information content (AvgIpc) is 2.11. The predicted molar refractivity (Wildman–Crippen MR) is 79.4 cm³/mol. The second-order valence-electron chi connectivity index (χ2n) is 7.99. The molecule has 0 radical (unpaired) electrons. The Balaban J connectivity index is 4.37. The van der Waals surface area contributed by atoms with Crippen molar-refractivity contribution in [1.82, 2.24) is 4.90 Å². The van der Waals surface area contributed by atoms with Crippen molar-refractivity contribution in [3.05, 3.63) is 0 Å². The molecule has 0 aromatic carbocycles. The molecule has 17 heavy (non-hydrogen) atoms. The average molecular weight is 241 g/mol. The fourth-order valence-electron chi connectivity index (χ4n) is 2.29. The molecule has 1 heteroatoms. The van der Waals surface area contributed by atoms with Gasteiger partial charge in [0.15, 0.2) is 0 Å². The van der Waals surface area contributed by atoms with Crippen molar-refractivity contribution < 1.29 is 0 Å². The van der Waals surface area contributed by atoms with E-state index in [1.165, 1.54) is 19.4 Å². The molecule has 0 rings (SSSR count). The molecule has 0 aromatic rings. The minimum atomic E-state index is 0.426. The lowest BCUT2D eigenvalue weighted by atomic mass is 9.68. The zero-order valence-electron chi connectivity index (χ0n) is 13.7. The largest absolute Gasteiger partial charge is 0.309 e. The third kappa shape index (κ3) is 6.45. The Morgan fingerprint density at radius 3 is 1.71 bits per heavy atom. The molecule has 0 bridgehead atoms. The molecule has 104 valence electrons. The lowest BCUT2D eigenvalue weighted by Gasteiger charge is -2.40. The Kier molecular flexibility index (Phi) is 6.21. The van der Waals surface area contributed by atoms with Gasteiger partial charge >= 0.3 is 0 Å². The first-order chi connectivity index (χ1) is 7.47. The third-order valence-electron chi connectivity index (χ3n) is 4.51. The summed E-state index contributed by atoms with van der Waals surface area (Å²) in [7, 11) is 4.35. The summed E-state index contributed by atoms with van der Waals surface area (Å²) in [6.07, 6.45) is 2.67. The maximum absolute atomic E-state index is 2.44. The summed E-state index contributed by atoms with van der Waals surface area (Å²) in [6.45, 7) is 17.9. The first kappa shape index (κ1) is 17.0. The zero-order valence-corrected chi connectivity index (χ0v) is 13.7. The number of hydrogen-bond acceptors (Lipinski definition) is 1. The van der Waals surface area contributed by atoms with Crippen molar-refractivity contribution in [3.63, 3.8) is 0 Å². The number of rotatable bonds is 6. The minimum absolute atomic E-state index is 0.426. The van der Waals surface area contributed by atoms with Crippen LogP contribution in [0.4, 0.5) is 0 Å². The van der Waals surface area contributed by atoms with Gasteiger partial charge in [0, 0.05) is 6.54 Å². The van der Waals surface area contributed by atoms with E-state index in [2.05, 4.69) is 67.5 Å². The fraction of sp³-hybridized carbons (Fsp3) is 1.00. The molecule has 1 nitrogen and oxygen atoms in total. The Bertz CT molecular complexity index is 210. The van der Waals surface area contributed by atoms with Crippen LogP contribution >= 0.6 is 0 Å². The highest BCUT2D eigenvalue weighted by Gasteiger charge is 2.32. The lowest BCUT2D eigenvalue weighted by Crippen LogP contribution is -2.36. The van der Waals surface area contributed by atoms with Gasteiger partial charge in [-0.2, -0.15) is 0 Å². The van der Waals surface area contributed by atoms with Crippen LogP contribution in [-0.4, -0.2) is 25.5 Å². The molecule has 2 unspecified atom stereocenters. The van der Waals surface area contributed by atoms with Crippen molar-refractivity contribution in [3.8, 4) is 0 Å². The molecule has 0 aliphatic carbocycles. The van der Waals surface area contributed by atoms with Gasteiger partial charge in [-0.25, -0.2) is 0 Å². The first-order valence-corrected chi connectivity index (χ1v) is 7.11. The van der Waals surface area contributed by atoms with E-state index < -0.39 is 0 Å². The summed E-state index contributed by atoms with van der Waals surface area (Å²) in [5.41, 5.74) is 0.893. The topological polar surface area (TPSA) is 3.24 Å². The summed E-state index contributed by atoms with van der Waals surface area (Å²) >= 11 is 0.